The van der Waals surface area contributed by atoms with Crippen molar-refractivity contribution < 1.29 is 9.90 Å². The molecule has 0 fully saturated rings. The first-order valence-electron chi connectivity index (χ1n) is 6.36. The van der Waals surface area contributed by atoms with Crippen LogP contribution in [-0.2, 0) is 4.79 Å². The lowest BCUT2D eigenvalue weighted by Crippen LogP contribution is -2.45. The van der Waals surface area contributed by atoms with Gasteiger partial charge in [0.15, 0.2) is 0 Å². The summed E-state index contributed by atoms with van der Waals surface area (Å²) in [6.07, 6.45) is 1.35. The molecule has 0 aliphatic carbocycles. The molecule has 3 N–H and O–H groups in total. The molecule has 3 nitrogen and oxygen atoms in total. The summed E-state index contributed by atoms with van der Waals surface area (Å²) in [6.45, 7) is 7.77. The third kappa shape index (κ3) is 3.57. The van der Waals surface area contributed by atoms with Crippen molar-refractivity contribution in [2.24, 2.45) is 5.73 Å². The summed E-state index contributed by atoms with van der Waals surface area (Å²) >= 11 is 0. The summed E-state index contributed by atoms with van der Waals surface area (Å²) in [7, 11) is 0. The molecule has 1 rings (SSSR count). The molecule has 0 saturated carbocycles. The van der Waals surface area contributed by atoms with E-state index in [2.05, 4.69) is 39.0 Å². The number of carboxylic acids is 1. The maximum Gasteiger partial charge on any atom is 0.323 e. The zero-order valence-electron chi connectivity index (χ0n) is 11.7. The number of nitrogens with two attached hydrogens (primary N) is 1. The fraction of sp³-hybridized carbons (Fsp3) is 0.533. The molecule has 0 amide bonds. The number of rotatable bonds is 5. The minimum absolute atomic E-state index is 0.190. The van der Waals surface area contributed by atoms with Gasteiger partial charge in [-0.25, -0.2) is 0 Å². The number of aliphatic carboxylic acids is 1. The highest BCUT2D eigenvalue weighted by Gasteiger charge is 2.31. The molecule has 0 saturated heterocycles. The minimum Gasteiger partial charge on any atom is -0.480 e. The van der Waals surface area contributed by atoms with Gasteiger partial charge in [0.25, 0.3) is 0 Å². The molecule has 0 aliphatic rings. The highest BCUT2D eigenvalue weighted by atomic mass is 16.4. The average molecular weight is 249 g/mol. The molecule has 1 aromatic carbocycles. The van der Waals surface area contributed by atoms with Crippen molar-refractivity contribution in [1.29, 1.82) is 0 Å². The SMILES string of the molecule is CCC(CC(C)(N)C(=O)O)c1cc(C)cc(C)c1. The van der Waals surface area contributed by atoms with Crippen molar-refractivity contribution in [3.8, 4) is 0 Å². The van der Waals surface area contributed by atoms with E-state index >= 15 is 0 Å². The van der Waals surface area contributed by atoms with Crippen molar-refractivity contribution in [3.05, 3.63) is 34.9 Å². The van der Waals surface area contributed by atoms with Crippen molar-refractivity contribution in [2.45, 2.75) is 52.0 Å². The molecule has 1 aromatic rings. The topological polar surface area (TPSA) is 63.3 Å². The van der Waals surface area contributed by atoms with E-state index in [1.54, 1.807) is 6.92 Å². The highest BCUT2D eigenvalue weighted by Crippen LogP contribution is 2.29. The standard InChI is InChI=1S/C15H23NO2/c1-5-12(9-15(4,16)14(17)18)13-7-10(2)6-11(3)8-13/h6-8,12H,5,9,16H2,1-4H3,(H,17,18). The summed E-state index contributed by atoms with van der Waals surface area (Å²) in [6, 6.07) is 6.37. The van der Waals surface area contributed by atoms with Gasteiger partial charge in [0.1, 0.15) is 5.54 Å². The van der Waals surface area contributed by atoms with E-state index in [1.807, 2.05) is 0 Å². The predicted octanol–water partition coefficient (Wildman–Crippen LogP) is 2.99. The summed E-state index contributed by atoms with van der Waals surface area (Å²) in [5.74, 6) is -0.750. The Hall–Kier alpha value is -1.35. The third-order valence-electron chi connectivity index (χ3n) is 3.37. The Labute approximate surface area is 109 Å². The van der Waals surface area contributed by atoms with Crippen molar-refractivity contribution >= 4 is 5.97 Å². The largest absolute Gasteiger partial charge is 0.480 e. The molecule has 18 heavy (non-hydrogen) atoms. The zero-order chi connectivity index (χ0) is 13.9. The first-order chi connectivity index (χ1) is 8.26. The van der Waals surface area contributed by atoms with Crippen LogP contribution in [0, 0.1) is 13.8 Å². The average Bonchev–Trinajstić information content (AvgIpc) is 2.24. The molecular weight excluding hydrogens is 226 g/mol. The van der Waals surface area contributed by atoms with E-state index in [0.717, 1.165) is 6.42 Å². The Bertz CT molecular complexity index is 418. The molecule has 100 valence electrons. The summed E-state index contributed by atoms with van der Waals surface area (Å²) in [5.41, 5.74) is 8.28. The van der Waals surface area contributed by atoms with Crippen molar-refractivity contribution in [3.63, 3.8) is 0 Å². The van der Waals surface area contributed by atoms with Crippen LogP contribution in [0.5, 0.6) is 0 Å². The monoisotopic (exact) mass is 249 g/mol. The molecule has 0 heterocycles. The molecule has 0 bridgehead atoms. The second-order valence-corrected chi connectivity index (χ2v) is 5.45. The van der Waals surface area contributed by atoms with Crippen LogP contribution < -0.4 is 5.73 Å². The van der Waals surface area contributed by atoms with Gasteiger partial charge in [-0.15, -0.1) is 0 Å². The second kappa shape index (κ2) is 5.53. The van der Waals surface area contributed by atoms with E-state index in [4.69, 9.17) is 10.8 Å². The number of hydrogen-bond donors (Lipinski definition) is 2. The molecule has 2 unspecified atom stereocenters. The molecule has 0 radical (unpaired) electrons. The van der Waals surface area contributed by atoms with E-state index in [0.29, 0.717) is 6.42 Å². The maximum absolute atomic E-state index is 11.1. The van der Waals surface area contributed by atoms with Crippen LogP contribution in [0.2, 0.25) is 0 Å². The number of carbonyl (C=O) groups is 1. The van der Waals surface area contributed by atoms with Gasteiger partial charge in [0.2, 0.25) is 0 Å². The Morgan fingerprint density at radius 3 is 2.22 bits per heavy atom. The van der Waals surface area contributed by atoms with Gasteiger partial charge >= 0.3 is 5.97 Å². The maximum atomic E-state index is 11.1. The van der Waals surface area contributed by atoms with Gasteiger partial charge in [-0.3, -0.25) is 4.79 Å². The lowest BCUT2D eigenvalue weighted by atomic mass is 9.83. The van der Waals surface area contributed by atoms with Crippen molar-refractivity contribution in [2.75, 3.05) is 0 Å². The lowest BCUT2D eigenvalue weighted by Gasteiger charge is -2.26. The van der Waals surface area contributed by atoms with E-state index in [9.17, 15) is 4.79 Å². The minimum atomic E-state index is -1.17. The summed E-state index contributed by atoms with van der Waals surface area (Å²) in [5, 5.41) is 9.12. The number of carboxylic acid groups (broad SMARTS) is 1. The van der Waals surface area contributed by atoms with Crippen LogP contribution in [0.25, 0.3) is 0 Å². The number of benzene rings is 1. The predicted molar refractivity (Wildman–Crippen MR) is 73.8 cm³/mol. The second-order valence-electron chi connectivity index (χ2n) is 5.45. The zero-order valence-corrected chi connectivity index (χ0v) is 11.7. The van der Waals surface area contributed by atoms with Crippen LogP contribution in [0.4, 0.5) is 0 Å². The first kappa shape index (κ1) is 14.7. The molecule has 0 aromatic heterocycles. The van der Waals surface area contributed by atoms with Gasteiger partial charge < -0.3 is 10.8 Å². The molecule has 0 spiro atoms. The Morgan fingerprint density at radius 1 is 1.33 bits per heavy atom. The third-order valence-corrected chi connectivity index (χ3v) is 3.37. The van der Waals surface area contributed by atoms with Crippen molar-refractivity contribution in [1.82, 2.24) is 0 Å². The Balaban J connectivity index is 3.00. The first-order valence-corrected chi connectivity index (χ1v) is 6.36. The summed E-state index contributed by atoms with van der Waals surface area (Å²) < 4.78 is 0. The van der Waals surface area contributed by atoms with Crippen LogP contribution in [0.1, 0.15) is 49.3 Å². The Morgan fingerprint density at radius 2 is 1.83 bits per heavy atom. The number of hydrogen-bond acceptors (Lipinski definition) is 2. The normalized spacial score (nSPS) is 16.1. The van der Waals surface area contributed by atoms with Gasteiger partial charge in [-0.2, -0.15) is 0 Å². The highest BCUT2D eigenvalue weighted by molar-refractivity contribution is 5.77. The molecular formula is C15H23NO2. The fourth-order valence-corrected chi connectivity index (χ4v) is 2.34. The molecule has 0 aliphatic heterocycles. The van der Waals surface area contributed by atoms with Crippen LogP contribution in [0.3, 0.4) is 0 Å². The Kier molecular flexibility index (Phi) is 4.52. The van der Waals surface area contributed by atoms with Gasteiger partial charge in [-0.05, 0) is 45.1 Å². The molecule has 2 atom stereocenters. The van der Waals surface area contributed by atoms with Crippen LogP contribution >= 0.6 is 0 Å². The van der Waals surface area contributed by atoms with Gasteiger partial charge in [-0.1, -0.05) is 36.2 Å². The fourth-order valence-electron chi connectivity index (χ4n) is 2.34. The molecule has 3 heteroatoms. The summed E-state index contributed by atoms with van der Waals surface area (Å²) in [4.78, 5) is 11.1. The van der Waals surface area contributed by atoms with Gasteiger partial charge in [0.05, 0.1) is 0 Å². The van der Waals surface area contributed by atoms with Crippen LogP contribution in [-0.4, -0.2) is 16.6 Å². The van der Waals surface area contributed by atoms with Crippen LogP contribution in [0.15, 0.2) is 18.2 Å². The quantitative estimate of drug-likeness (QED) is 0.843. The lowest BCUT2D eigenvalue weighted by molar-refractivity contribution is -0.143. The van der Waals surface area contributed by atoms with E-state index < -0.39 is 11.5 Å². The smallest absolute Gasteiger partial charge is 0.323 e. The van der Waals surface area contributed by atoms with E-state index in [-0.39, 0.29) is 5.92 Å². The number of aryl methyl sites for hydroxylation is 2. The van der Waals surface area contributed by atoms with E-state index in [1.165, 1.54) is 16.7 Å². The van der Waals surface area contributed by atoms with Gasteiger partial charge in [0, 0.05) is 0 Å².